The van der Waals surface area contributed by atoms with E-state index in [1.54, 1.807) is 7.11 Å². The van der Waals surface area contributed by atoms with Crippen LogP contribution in [0.1, 0.15) is 43.8 Å². The summed E-state index contributed by atoms with van der Waals surface area (Å²) >= 11 is 0. The van der Waals surface area contributed by atoms with Gasteiger partial charge < -0.3 is 9.84 Å². The maximum atomic E-state index is 10.5. The fraction of sp³-hybridized carbons (Fsp3) is 0.647. The van der Waals surface area contributed by atoms with Crippen molar-refractivity contribution in [3.05, 3.63) is 29.8 Å². The molecule has 0 bridgehead atoms. The van der Waals surface area contributed by atoms with Crippen LogP contribution in [0.5, 0.6) is 5.75 Å². The van der Waals surface area contributed by atoms with Gasteiger partial charge in [0.1, 0.15) is 5.75 Å². The monoisotopic (exact) mass is 275 g/mol. The van der Waals surface area contributed by atoms with Crippen LogP contribution >= 0.6 is 0 Å². The summed E-state index contributed by atoms with van der Waals surface area (Å²) in [6, 6.07) is 8.51. The number of aliphatic hydroxyl groups excluding tert-OH is 1. The van der Waals surface area contributed by atoms with E-state index in [0.717, 1.165) is 30.3 Å². The highest BCUT2D eigenvalue weighted by Gasteiger charge is 2.36. The van der Waals surface area contributed by atoms with Crippen LogP contribution in [-0.2, 0) is 0 Å². The minimum atomic E-state index is -0.411. The zero-order chi connectivity index (χ0) is 13.9. The number of aliphatic hydroxyl groups is 1. The molecule has 3 nitrogen and oxygen atoms in total. The van der Waals surface area contributed by atoms with E-state index in [1.807, 2.05) is 24.3 Å². The fourth-order valence-electron chi connectivity index (χ4n) is 3.91. The summed E-state index contributed by atoms with van der Waals surface area (Å²) in [7, 11) is 1.67. The molecule has 2 fully saturated rings. The van der Waals surface area contributed by atoms with Gasteiger partial charge in [0.05, 0.1) is 13.2 Å². The molecule has 3 heteroatoms. The first-order valence-corrected chi connectivity index (χ1v) is 7.84. The van der Waals surface area contributed by atoms with Crippen molar-refractivity contribution in [2.24, 2.45) is 5.92 Å². The molecule has 20 heavy (non-hydrogen) atoms. The lowest BCUT2D eigenvalue weighted by Gasteiger charge is -2.32. The molecule has 1 saturated carbocycles. The molecule has 3 rings (SSSR count). The van der Waals surface area contributed by atoms with Crippen LogP contribution in [0.3, 0.4) is 0 Å². The quantitative estimate of drug-likeness (QED) is 0.917. The minimum Gasteiger partial charge on any atom is -0.497 e. The maximum absolute atomic E-state index is 10.5. The third-order valence-corrected chi connectivity index (χ3v) is 5.01. The number of rotatable bonds is 4. The first-order chi connectivity index (χ1) is 9.78. The largest absolute Gasteiger partial charge is 0.497 e. The molecule has 1 aromatic rings. The number of benzene rings is 1. The third-order valence-electron chi connectivity index (χ3n) is 5.01. The summed E-state index contributed by atoms with van der Waals surface area (Å²) in [5.41, 5.74) is 0.962. The Bertz CT molecular complexity index is 448. The second kappa shape index (κ2) is 6.15. The van der Waals surface area contributed by atoms with Crippen LogP contribution < -0.4 is 4.74 Å². The third kappa shape index (κ3) is 2.84. The van der Waals surface area contributed by atoms with Crippen molar-refractivity contribution in [1.82, 2.24) is 4.90 Å². The number of methoxy groups -OCH3 is 1. The lowest BCUT2D eigenvalue weighted by Crippen LogP contribution is -2.37. The molecule has 1 aliphatic carbocycles. The van der Waals surface area contributed by atoms with Crippen LogP contribution in [0.4, 0.5) is 0 Å². The molecule has 0 amide bonds. The van der Waals surface area contributed by atoms with Crippen molar-refractivity contribution >= 4 is 0 Å². The van der Waals surface area contributed by atoms with Gasteiger partial charge in [-0.25, -0.2) is 0 Å². The molecule has 3 unspecified atom stereocenters. The second-order valence-electron chi connectivity index (χ2n) is 6.19. The van der Waals surface area contributed by atoms with Crippen LogP contribution in [0.15, 0.2) is 24.3 Å². The maximum Gasteiger partial charge on any atom is 0.119 e. The number of likely N-dealkylation sites (tertiary alicyclic amines) is 1. The number of fused-ring (bicyclic) bond motifs is 1. The average Bonchev–Trinajstić information content (AvgIpc) is 2.90. The van der Waals surface area contributed by atoms with Crippen molar-refractivity contribution in [3.8, 4) is 5.75 Å². The SMILES string of the molecule is COc1cccc(C(O)CN2CCC3CCCCC32)c1. The highest BCUT2D eigenvalue weighted by Crippen LogP contribution is 2.37. The number of nitrogens with zero attached hydrogens (tertiary/aromatic N) is 1. The number of ether oxygens (including phenoxy) is 1. The van der Waals surface area contributed by atoms with E-state index in [9.17, 15) is 5.11 Å². The van der Waals surface area contributed by atoms with Gasteiger partial charge in [-0.15, -0.1) is 0 Å². The van der Waals surface area contributed by atoms with E-state index in [2.05, 4.69) is 4.90 Å². The summed E-state index contributed by atoms with van der Waals surface area (Å²) < 4.78 is 5.24. The van der Waals surface area contributed by atoms with Gasteiger partial charge in [-0.3, -0.25) is 4.90 Å². The molecule has 1 aliphatic heterocycles. The van der Waals surface area contributed by atoms with E-state index >= 15 is 0 Å². The Labute approximate surface area is 121 Å². The highest BCUT2D eigenvalue weighted by molar-refractivity contribution is 5.30. The molecule has 110 valence electrons. The molecule has 1 saturated heterocycles. The Balaban J connectivity index is 1.64. The van der Waals surface area contributed by atoms with Crippen molar-refractivity contribution in [2.45, 2.75) is 44.2 Å². The molecular formula is C17H25NO2. The fourth-order valence-corrected chi connectivity index (χ4v) is 3.91. The van der Waals surface area contributed by atoms with Crippen molar-refractivity contribution < 1.29 is 9.84 Å². The smallest absolute Gasteiger partial charge is 0.119 e. The van der Waals surface area contributed by atoms with Gasteiger partial charge in [-0.2, -0.15) is 0 Å². The Morgan fingerprint density at radius 3 is 3.00 bits per heavy atom. The zero-order valence-electron chi connectivity index (χ0n) is 12.3. The summed E-state index contributed by atoms with van der Waals surface area (Å²) in [5.74, 6) is 1.69. The molecule has 0 radical (unpaired) electrons. The van der Waals surface area contributed by atoms with Gasteiger partial charge in [-0.05, 0) is 49.4 Å². The minimum absolute atomic E-state index is 0.411. The van der Waals surface area contributed by atoms with Crippen molar-refractivity contribution in [1.29, 1.82) is 0 Å². The zero-order valence-corrected chi connectivity index (χ0v) is 12.3. The summed E-state index contributed by atoms with van der Waals surface area (Å²) in [5, 5.41) is 10.5. The van der Waals surface area contributed by atoms with E-state index in [1.165, 1.54) is 32.1 Å². The lowest BCUT2D eigenvalue weighted by atomic mass is 9.85. The summed E-state index contributed by atoms with van der Waals surface area (Å²) in [6.45, 7) is 1.91. The van der Waals surface area contributed by atoms with E-state index in [0.29, 0.717) is 6.04 Å². The number of hydrogen-bond acceptors (Lipinski definition) is 3. The first kappa shape index (κ1) is 13.9. The predicted octanol–water partition coefficient (Wildman–Crippen LogP) is 2.99. The molecule has 1 heterocycles. The van der Waals surface area contributed by atoms with Gasteiger partial charge >= 0.3 is 0 Å². The van der Waals surface area contributed by atoms with E-state index < -0.39 is 6.10 Å². The number of hydrogen-bond donors (Lipinski definition) is 1. The molecular weight excluding hydrogens is 250 g/mol. The van der Waals surface area contributed by atoms with Crippen LogP contribution in [0.25, 0.3) is 0 Å². The van der Waals surface area contributed by atoms with Crippen molar-refractivity contribution in [3.63, 3.8) is 0 Å². The van der Waals surface area contributed by atoms with Crippen LogP contribution in [-0.4, -0.2) is 36.2 Å². The molecule has 0 spiro atoms. The van der Waals surface area contributed by atoms with Gasteiger partial charge in [0.15, 0.2) is 0 Å². The Hall–Kier alpha value is -1.06. The topological polar surface area (TPSA) is 32.7 Å². The van der Waals surface area contributed by atoms with Crippen molar-refractivity contribution in [2.75, 3.05) is 20.2 Å². The lowest BCUT2D eigenvalue weighted by molar-refractivity contribution is 0.0892. The summed E-state index contributed by atoms with van der Waals surface area (Å²) in [6.07, 6.45) is 6.35. The molecule has 0 aromatic heterocycles. The van der Waals surface area contributed by atoms with Gasteiger partial charge in [0.25, 0.3) is 0 Å². The van der Waals surface area contributed by atoms with E-state index in [-0.39, 0.29) is 0 Å². The Morgan fingerprint density at radius 2 is 2.15 bits per heavy atom. The highest BCUT2D eigenvalue weighted by atomic mass is 16.5. The molecule has 3 atom stereocenters. The predicted molar refractivity (Wildman–Crippen MR) is 79.9 cm³/mol. The standard InChI is InChI=1S/C17H25NO2/c1-20-15-7-4-6-14(11-15)17(19)12-18-10-9-13-5-2-3-8-16(13)18/h4,6-7,11,13,16-17,19H,2-3,5,8-10,12H2,1H3. The first-order valence-electron chi connectivity index (χ1n) is 7.84. The molecule has 1 N–H and O–H groups in total. The van der Waals surface area contributed by atoms with Gasteiger partial charge in [0.2, 0.25) is 0 Å². The second-order valence-corrected chi connectivity index (χ2v) is 6.19. The van der Waals surface area contributed by atoms with Crippen LogP contribution in [0, 0.1) is 5.92 Å². The Morgan fingerprint density at radius 1 is 1.30 bits per heavy atom. The van der Waals surface area contributed by atoms with Gasteiger partial charge in [0, 0.05) is 12.6 Å². The average molecular weight is 275 g/mol. The number of β-amino-alcohol motifs (C(OH)–C–C–N with tert-alkyl or cyclic N) is 1. The summed E-state index contributed by atoms with van der Waals surface area (Å²) in [4.78, 5) is 2.51. The molecule has 1 aromatic carbocycles. The normalized spacial score (nSPS) is 28.1. The van der Waals surface area contributed by atoms with E-state index in [4.69, 9.17) is 4.74 Å². The van der Waals surface area contributed by atoms with Crippen LogP contribution in [0.2, 0.25) is 0 Å². The Kier molecular flexibility index (Phi) is 4.27. The molecule has 2 aliphatic rings. The van der Waals surface area contributed by atoms with Gasteiger partial charge in [-0.1, -0.05) is 25.0 Å².